The summed E-state index contributed by atoms with van der Waals surface area (Å²) in [5, 5.41) is 12.9. The Bertz CT molecular complexity index is 822. The fraction of sp³-hybridized carbons (Fsp3) is 0.182. The molecule has 3 nitrogen and oxygen atoms in total. The molecule has 3 rings (SSSR count). The van der Waals surface area contributed by atoms with Crippen LogP contribution in [-0.2, 0) is 10.2 Å². The molecule has 1 N–H and O–H groups in total. The summed E-state index contributed by atoms with van der Waals surface area (Å²) in [7, 11) is 0. The zero-order chi connectivity index (χ0) is 17.7. The van der Waals surface area contributed by atoms with Crippen molar-refractivity contribution >= 4 is 17.1 Å². The number of carbonyl (C=O) groups excluding carboxylic acids is 1. The molecule has 0 aromatic heterocycles. The van der Waals surface area contributed by atoms with Crippen molar-refractivity contribution < 1.29 is 10.0 Å². The van der Waals surface area contributed by atoms with Gasteiger partial charge in [-0.05, 0) is 17.5 Å². The zero-order valence-corrected chi connectivity index (χ0v) is 14.1. The second-order valence-corrected chi connectivity index (χ2v) is 6.20. The van der Waals surface area contributed by atoms with Crippen LogP contribution in [0.15, 0.2) is 84.6 Å². The van der Waals surface area contributed by atoms with E-state index < -0.39 is 5.41 Å². The normalized spacial score (nSPS) is 24.9. The minimum absolute atomic E-state index is 0.0956. The van der Waals surface area contributed by atoms with Gasteiger partial charge in [-0.25, -0.2) is 0 Å². The van der Waals surface area contributed by atoms with Crippen LogP contribution >= 0.6 is 0 Å². The third-order valence-corrected chi connectivity index (χ3v) is 4.87. The molecule has 1 aliphatic rings. The van der Waals surface area contributed by atoms with Crippen LogP contribution in [0, 0.1) is 0 Å². The third kappa shape index (κ3) is 3.18. The Kier molecular flexibility index (Phi) is 4.94. The molecule has 0 amide bonds. The van der Waals surface area contributed by atoms with E-state index in [1.807, 2.05) is 66.7 Å². The van der Waals surface area contributed by atoms with E-state index in [-0.39, 0.29) is 5.78 Å². The smallest absolute Gasteiger partial charge is 0.147 e. The molecule has 25 heavy (non-hydrogen) atoms. The first-order chi connectivity index (χ1) is 12.2. The van der Waals surface area contributed by atoms with E-state index in [9.17, 15) is 10.0 Å². The van der Waals surface area contributed by atoms with Crippen molar-refractivity contribution in [3.63, 3.8) is 0 Å². The maximum absolute atomic E-state index is 13.0. The van der Waals surface area contributed by atoms with E-state index in [1.54, 1.807) is 6.08 Å². The Hall–Kier alpha value is -2.94. The van der Waals surface area contributed by atoms with Gasteiger partial charge in [-0.1, -0.05) is 78.0 Å². The van der Waals surface area contributed by atoms with Gasteiger partial charge in [0, 0.05) is 18.4 Å². The van der Waals surface area contributed by atoms with Gasteiger partial charge in [0.1, 0.15) is 5.78 Å². The molecular weight excluding hydrogens is 310 g/mol. The molecule has 0 unspecified atom stereocenters. The molecule has 0 heterocycles. The number of benzene rings is 2. The lowest BCUT2D eigenvalue weighted by Gasteiger charge is -2.31. The number of ketones is 1. The Balaban J connectivity index is 2.12. The van der Waals surface area contributed by atoms with E-state index in [0.717, 1.165) is 16.7 Å². The van der Waals surface area contributed by atoms with Crippen LogP contribution in [0.25, 0.3) is 5.57 Å². The van der Waals surface area contributed by atoms with Crippen molar-refractivity contribution in [3.8, 4) is 0 Å². The van der Waals surface area contributed by atoms with Gasteiger partial charge in [-0.15, -0.1) is 6.58 Å². The van der Waals surface area contributed by atoms with Crippen LogP contribution in [0.3, 0.4) is 0 Å². The Morgan fingerprint density at radius 1 is 1.00 bits per heavy atom. The van der Waals surface area contributed by atoms with E-state index in [1.165, 1.54) is 0 Å². The highest BCUT2D eigenvalue weighted by atomic mass is 16.4. The number of hydrogen-bond donors (Lipinski definition) is 1. The Labute approximate surface area is 148 Å². The summed E-state index contributed by atoms with van der Waals surface area (Å²) in [6.07, 6.45) is 4.95. The van der Waals surface area contributed by atoms with Crippen molar-refractivity contribution in [2.24, 2.45) is 5.16 Å². The number of oxime groups is 1. The van der Waals surface area contributed by atoms with Gasteiger partial charge >= 0.3 is 0 Å². The number of Topliss-reactive ketones (excluding diaryl/α,β-unsaturated/α-hetero) is 1. The number of carbonyl (C=O) groups is 1. The topological polar surface area (TPSA) is 49.7 Å². The molecular formula is C22H21NO2. The molecule has 0 aliphatic heterocycles. The maximum Gasteiger partial charge on any atom is 0.147 e. The second kappa shape index (κ2) is 7.31. The van der Waals surface area contributed by atoms with Gasteiger partial charge in [0.05, 0.1) is 11.1 Å². The zero-order valence-electron chi connectivity index (χ0n) is 14.1. The molecule has 2 aromatic carbocycles. The standard InChI is InChI=1S/C22H21NO2/c1-2-22(18-11-7-4-8-12-18)16-15-19(17-9-5-3-6-10-17)20(23-25)13-14-21(22)24/h2-12,15,25H,1,13-14,16H2/b19-15-,23-20+/t22-/m1/s1. The molecule has 0 fully saturated rings. The number of rotatable bonds is 3. The molecule has 1 atom stereocenters. The molecule has 0 saturated carbocycles. The van der Waals surface area contributed by atoms with Crippen LogP contribution in [0.1, 0.15) is 30.4 Å². The van der Waals surface area contributed by atoms with Crippen molar-refractivity contribution in [2.45, 2.75) is 24.7 Å². The number of hydrogen-bond acceptors (Lipinski definition) is 3. The first kappa shape index (κ1) is 16.9. The predicted octanol–water partition coefficient (Wildman–Crippen LogP) is 4.78. The molecule has 0 radical (unpaired) electrons. The van der Waals surface area contributed by atoms with Gasteiger partial charge < -0.3 is 5.21 Å². The average Bonchev–Trinajstić information content (AvgIpc) is 2.67. The van der Waals surface area contributed by atoms with Crippen molar-refractivity contribution in [3.05, 3.63) is 90.5 Å². The summed E-state index contributed by atoms with van der Waals surface area (Å²) in [4.78, 5) is 13.0. The highest BCUT2D eigenvalue weighted by molar-refractivity contribution is 6.24. The monoisotopic (exact) mass is 331 g/mol. The molecule has 3 heteroatoms. The van der Waals surface area contributed by atoms with Crippen LogP contribution < -0.4 is 0 Å². The molecule has 0 saturated heterocycles. The van der Waals surface area contributed by atoms with E-state index >= 15 is 0 Å². The molecule has 2 aromatic rings. The summed E-state index contributed by atoms with van der Waals surface area (Å²) < 4.78 is 0. The minimum atomic E-state index is -0.748. The van der Waals surface area contributed by atoms with Gasteiger partial charge in [0.2, 0.25) is 0 Å². The van der Waals surface area contributed by atoms with Gasteiger partial charge in [-0.2, -0.15) is 0 Å². The summed E-state index contributed by atoms with van der Waals surface area (Å²) in [5.41, 5.74) is 2.60. The first-order valence-corrected chi connectivity index (χ1v) is 8.40. The lowest BCUT2D eigenvalue weighted by Crippen LogP contribution is -2.35. The van der Waals surface area contributed by atoms with E-state index in [2.05, 4.69) is 11.7 Å². The van der Waals surface area contributed by atoms with Gasteiger partial charge in [-0.3, -0.25) is 4.79 Å². The quantitative estimate of drug-likeness (QED) is 0.500. The summed E-state index contributed by atoms with van der Waals surface area (Å²) in [6, 6.07) is 19.6. The van der Waals surface area contributed by atoms with E-state index in [0.29, 0.717) is 25.0 Å². The molecule has 1 aliphatic carbocycles. The highest BCUT2D eigenvalue weighted by Gasteiger charge is 2.37. The number of nitrogens with zero attached hydrogens (tertiary/aromatic N) is 1. The van der Waals surface area contributed by atoms with Crippen molar-refractivity contribution in [2.75, 3.05) is 0 Å². The average molecular weight is 331 g/mol. The van der Waals surface area contributed by atoms with Crippen molar-refractivity contribution in [1.82, 2.24) is 0 Å². The largest absolute Gasteiger partial charge is 0.411 e. The SMILES string of the molecule is C=C[C@]1(c2ccccc2)C/C=C(c2ccccc2)\C(=N\O)CCC1=O. The molecule has 126 valence electrons. The van der Waals surface area contributed by atoms with Crippen LogP contribution in [0.2, 0.25) is 0 Å². The van der Waals surface area contributed by atoms with Gasteiger partial charge in [0.15, 0.2) is 0 Å². The van der Waals surface area contributed by atoms with Crippen LogP contribution in [0.5, 0.6) is 0 Å². The second-order valence-electron chi connectivity index (χ2n) is 6.20. The molecule has 0 bridgehead atoms. The summed E-state index contributed by atoms with van der Waals surface area (Å²) >= 11 is 0. The predicted molar refractivity (Wildman–Crippen MR) is 101 cm³/mol. The third-order valence-electron chi connectivity index (χ3n) is 4.87. The lowest BCUT2D eigenvalue weighted by molar-refractivity contribution is -0.122. The van der Waals surface area contributed by atoms with Crippen molar-refractivity contribution in [1.29, 1.82) is 0 Å². The van der Waals surface area contributed by atoms with E-state index in [4.69, 9.17) is 0 Å². The van der Waals surface area contributed by atoms with Crippen LogP contribution in [0.4, 0.5) is 0 Å². The lowest BCUT2D eigenvalue weighted by atomic mass is 9.70. The Morgan fingerprint density at radius 3 is 2.24 bits per heavy atom. The fourth-order valence-electron chi connectivity index (χ4n) is 3.42. The molecule has 0 spiro atoms. The first-order valence-electron chi connectivity index (χ1n) is 8.40. The minimum Gasteiger partial charge on any atom is -0.411 e. The Morgan fingerprint density at radius 2 is 1.64 bits per heavy atom. The summed E-state index contributed by atoms with van der Waals surface area (Å²) in [6.45, 7) is 3.96. The maximum atomic E-state index is 13.0. The number of allylic oxidation sites excluding steroid dienone is 3. The highest BCUT2D eigenvalue weighted by Crippen LogP contribution is 2.36. The summed E-state index contributed by atoms with van der Waals surface area (Å²) in [5.74, 6) is 0.0956. The van der Waals surface area contributed by atoms with Gasteiger partial charge in [0.25, 0.3) is 0 Å². The van der Waals surface area contributed by atoms with Crippen LogP contribution in [-0.4, -0.2) is 16.7 Å². The fourth-order valence-corrected chi connectivity index (χ4v) is 3.42.